The number of carbonyl (C=O) groups is 1. The molecular formula is C14H18N6O3. The van der Waals surface area contributed by atoms with Gasteiger partial charge in [-0.05, 0) is 6.92 Å². The molecule has 0 aromatic carbocycles. The molecule has 122 valence electrons. The van der Waals surface area contributed by atoms with E-state index in [4.69, 9.17) is 0 Å². The molecule has 1 aliphatic rings. The quantitative estimate of drug-likeness (QED) is 0.742. The minimum absolute atomic E-state index is 0.00514. The van der Waals surface area contributed by atoms with E-state index in [1.807, 2.05) is 0 Å². The van der Waals surface area contributed by atoms with Gasteiger partial charge in [0, 0.05) is 39.3 Å². The average Bonchev–Trinajstić information content (AvgIpc) is 2.95. The summed E-state index contributed by atoms with van der Waals surface area (Å²) in [6, 6.07) is 1.56. The van der Waals surface area contributed by atoms with E-state index in [1.54, 1.807) is 31.1 Å². The number of piperazine rings is 1. The van der Waals surface area contributed by atoms with Crippen LogP contribution in [0.25, 0.3) is 0 Å². The number of carbonyl (C=O) groups excluding carboxylic acids is 1. The van der Waals surface area contributed by atoms with Gasteiger partial charge in [-0.2, -0.15) is 5.10 Å². The van der Waals surface area contributed by atoms with E-state index in [2.05, 4.69) is 24.9 Å². The summed E-state index contributed by atoms with van der Waals surface area (Å²) in [6.45, 7) is 4.28. The van der Waals surface area contributed by atoms with E-state index < -0.39 is 0 Å². The summed E-state index contributed by atoms with van der Waals surface area (Å²) in [4.78, 5) is 27.8. The normalized spacial score (nSPS) is 15.0. The van der Waals surface area contributed by atoms with Gasteiger partial charge < -0.3 is 9.80 Å². The van der Waals surface area contributed by atoms with Crippen molar-refractivity contribution in [2.24, 2.45) is 7.05 Å². The van der Waals surface area contributed by atoms with Crippen molar-refractivity contribution < 1.29 is 9.42 Å². The van der Waals surface area contributed by atoms with E-state index in [1.165, 1.54) is 4.68 Å². The van der Waals surface area contributed by atoms with E-state index in [0.29, 0.717) is 37.6 Å². The van der Waals surface area contributed by atoms with Crippen LogP contribution in [0, 0.1) is 6.92 Å². The molecule has 0 saturated carbocycles. The van der Waals surface area contributed by atoms with Crippen LogP contribution in [0.15, 0.2) is 21.7 Å². The summed E-state index contributed by atoms with van der Waals surface area (Å²) in [5.74, 6) is 0.00514. The highest BCUT2D eigenvalue weighted by molar-refractivity contribution is 5.78. The largest absolute Gasteiger partial charge is 0.367 e. The Bertz CT molecular complexity index is 760. The number of nitrogens with zero attached hydrogens (tertiary/aromatic N) is 6. The lowest BCUT2D eigenvalue weighted by atomic mass is 10.2. The van der Waals surface area contributed by atoms with Crippen LogP contribution in [0.2, 0.25) is 0 Å². The average molecular weight is 318 g/mol. The molecule has 2 aromatic heterocycles. The second-order valence-corrected chi connectivity index (χ2v) is 5.52. The molecule has 3 rings (SSSR count). The predicted octanol–water partition coefficient (Wildman–Crippen LogP) is -0.637. The molecule has 2 aromatic rings. The summed E-state index contributed by atoms with van der Waals surface area (Å²) in [5.41, 5.74) is 1.86. The number of aromatic nitrogens is 4. The summed E-state index contributed by atoms with van der Waals surface area (Å²) in [5, 5.41) is 11.4. The number of anilines is 1. The number of amides is 1. The van der Waals surface area contributed by atoms with Crippen LogP contribution >= 0.6 is 0 Å². The molecule has 1 saturated heterocycles. The Labute approximate surface area is 132 Å². The van der Waals surface area contributed by atoms with E-state index in [-0.39, 0.29) is 17.9 Å². The second-order valence-electron chi connectivity index (χ2n) is 5.52. The van der Waals surface area contributed by atoms with Gasteiger partial charge in [-0.1, -0.05) is 10.3 Å². The lowest BCUT2D eigenvalue weighted by Gasteiger charge is -2.35. The fourth-order valence-electron chi connectivity index (χ4n) is 2.51. The minimum Gasteiger partial charge on any atom is -0.367 e. The molecule has 23 heavy (non-hydrogen) atoms. The molecule has 1 amide bonds. The van der Waals surface area contributed by atoms with Crippen molar-refractivity contribution in [1.29, 1.82) is 0 Å². The van der Waals surface area contributed by atoms with Crippen LogP contribution in [-0.2, 0) is 18.3 Å². The van der Waals surface area contributed by atoms with Crippen molar-refractivity contribution in [2.45, 2.75) is 13.3 Å². The van der Waals surface area contributed by atoms with Crippen molar-refractivity contribution in [2.75, 3.05) is 31.1 Å². The zero-order valence-electron chi connectivity index (χ0n) is 13.1. The molecule has 3 heterocycles. The Morgan fingerprint density at radius 1 is 1.26 bits per heavy atom. The van der Waals surface area contributed by atoms with Gasteiger partial charge in [-0.15, -0.1) is 0 Å². The maximum atomic E-state index is 12.3. The zero-order chi connectivity index (χ0) is 16.4. The summed E-state index contributed by atoms with van der Waals surface area (Å²) >= 11 is 0. The lowest BCUT2D eigenvalue weighted by Crippen LogP contribution is -2.49. The van der Waals surface area contributed by atoms with Crippen LogP contribution in [0.4, 0.5) is 5.69 Å². The Morgan fingerprint density at radius 2 is 2.00 bits per heavy atom. The Hall–Kier alpha value is -2.71. The first-order chi connectivity index (χ1) is 11.0. The van der Waals surface area contributed by atoms with Crippen LogP contribution < -0.4 is 10.5 Å². The second kappa shape index (κ2) is 6.19. The Morgan fingerprint density at radius 3 is 2.61 bits per heavy atom. The molecule has 9 heteroatoms. The van der Waals surface area contributed by atoms with Crippen molar-refractivity contribution in [3.63, 3.8) is 0 Å². The van der Waals surface area contributed by atoms with Gasteiger partial charge in [0.15, 0.2) is 0 Å². The topological polar surface area (TPSA) is 97.4 Å². The number of hydrogen-bond acceptors (Lipinski definition) is 7. The van der Waals surface area contributed by atoms with Crippen LogP contribution in [-0.4, -0.2) is 57.1 Å². The van der Waals surface area contributed by atoms with Gasteiger partial charge in [0.2, 0.25) is 5.91 Å². The molecular weight excluding hydrogens is 300 g/mol. The molecule has 1 aliphatic heterocycles. The molecule has 0 N–H and O–H groups in total. The fourth-order valence-corrected chi connectivity index (χ4v) is 2.51. The molecule has 0 aliphatic carbocycles. The van der Waals surface area contributed by atoms with Crippen molar-refractivity contribution in [3.05, 3.63) is 34.0 Å². The fraction of sp³-hybridized carbons (Fsp3) is 0.500. The van der Waals surface area contributed by atoms with Gasteiger partial charge in [0.05, 0.1) is 18.3 Å². The Kier molecular flexibility index (Phi) is 4.09. The summed E-state index contributed by atoms with van der Waals surface area (Å²) < 4.78 is 5.90. The van der Waals surface area contributed by atoms with Crippen LogP contribution in [0.3, 0.4) is 0 Å². The van der Waals surface area contributed by atoms with Crippen molar-refractivity contribution in [3.8, 4) is 0 Å². The third-order valence-corrected chi connectivity index (χ3v) is 4.02. The number of aryl methyl sites for hydroxylation is 2. The van der Waals surface area contributed by atoms with E-state index in [9.17, 15) is 9.59 Å². The van der Waals surface area contributed by atoms with Gasteiger partial charge in [-0.3, -0.25) is 9.59 Å². The highest BCUT2D eigenvalue weighted by Gasteiger charge is 2.23. The third kappa shape index (κ3) is 3.22. The minimum atomic E-state index is -0.144. The molecule has 1 fully saturated rings. The van der Waals surface area contributed by atoms with Crippen molar-refractivity contribution >= 4 is 11.6 Å². The molecule has 0 atom stereocenters. The third-order valence-electron chi connectivity index (χ3n) is 4.02. The first-order valence-electron chi connectivity index (χ1n) is 7.38. The zero-order valence-corrected chi connectivity index (χ0v) is 13.1. The maximum absolute atomic E-state index is 12.3. The predicted molar refractivity (Wildman–Crippen MR) is 81.0 cm³/mol. The Balaban J connectivity index is 1.59. The highest BCUT2D eigenvalue weighted by atomic mass is 16.6. The van der Waals surface area contributed by atoms with Gasteiger partial charge in [0.25, 0.3) is 5.56 Å². The van der Waals surface area contributed by atoms with Crippen LogP contribution in [0.5, 0.6) is 0 Å². The smallest absolute Gasteiger partial charge is 0.268 e. The first-order valence-corrected chi connectivity index (χ1v) is 7.38. The maximum Gasteiger partial charge on any atom is 0.268 e. The van der Waals surface area contributed by atoms with E-state index in [0.717, 1.165) is 5.69 Å². The van der Waals surface area contributed by atoms with Crippen LogP contribution in [0.1, 0.15) is 11.4 Å². The number of rotatable bonds is 3. The molecule has 9 nitrogen and oxygen atoms in total. The molecule has 0 radical (unpaired) electrons. The van der Waals surface area contributed by atoms with Gasteiger partial charge >= 0.3 is 0 Å². The monoisotopic (exact) mass is 318 g/mol. The summed E-state index contributed by atoms with van der Waals surface area (Å²) in [7, 11) is 1.61. The molecule has 0 spiro atoms. The molecule has 0 unspecified atom stereocenters. The lowest BCUT2D eigenvalue weighted by molar-refractivity contribution is -0.130. The van der Waals surface area contributed by atoms with Crippen molar-refractivity contribution in [1.82, 2.24) is 25.0 Å². The standard InChI is InChI=1S/C14H18N6O3/c1-10-12(17-23-16-10)8-14(22)20-5-3-19(4-6-20)11-7-13(21)18(2)15-9-11/h7,9H,3-6,8H2,1-2H3. The first kappa shape index (κ1) is 15.2. The SMILES string of the molecule is Cc1nonc1CC(=O)N1CCN(c2cnn(C)c(=O)c2)CC1. The van der Waals surface area contributed by atoms with Gasteiger partial charge in [-0.25, -0.2) is 9.31 Å². The molecule has 0 bridgehead atoms. The van der Waals surface area contributed by atoms with E-state index >= 15 is 0 Å². The number of hydrogen-bond donors (Lipinski definition) is 0. The highest BCUT2D eigenvalue weighted by Crippen LogP contribution is 2.14. The summed E-state index contributed by atoms with van der Waals surface area (Å²) in [6.07, 6.45) is 1.87. The van der Waals surface area contributed by atoms with Gasteiger partial charge in [0.1, 0.15) is 11.4 Å².